The summed E-state index contributed by atoms with van der Waals surface area (Å²) in [4.78, 5) is 11.7. The van der Waals surface area contributed by atoms with Gasteiger partial charge in [-0.15, -0.1) is 0 Å². The Hall–Kier alpha value is -2.14. The molecule has 5 heteroatoms. The number of rotatable bonds is 5. The van der Waals surface area contributed by atoms with Gasteiger partial charge in [0, 0.05) is 4.47 Å². The van der Waals surface area contributed by atoms with Crippen LogP contribution in [0.1, 0.15) is 16.7 Å². The number of hydrogen-bond donors (Lipinski definition) is 1. The highest BCUT2D eigenvalue weighted by Gasteiger charge is 2.05. The number of halogens is 1. The Balaban J connectivity index is 1.83. The van der Waals surface area contributed by atoms with E-state index in [1.165, 1.54) is 0 Å². The highest BCUT2D eigenvalue weighted by atomic mass is 79.9. The maximum atomic E-state index is 11.7. The molecule has 2 aromatic rings. The summed E-state index contributed by atoms with van der Waals surface area (Å²) in [6.45, 7) is 3.90. The summed E-state index contributed by atoms with van der Waals surface area (Å²) in [5.74, 6) is 0.418. The van der Waals surface area contributed by atoms with Crippen LogP contribution in [0, 0.1) is 13.8 Å². The zero-order valence-electron chi connectivity index (χ0n) is 12.5. The van der Waals surface area contributed by atoms with E-state index >= 15 is 0 Å². The number of aryl methyl sites for hydroxylation is 1. The molecule has 0 aromatic heterocycles. The van der Waals surface area contributed by atoms with Gasteiger partial charge < -0.3 is 4.74 Å². The van der Waals surface area contributed by atoms with Crippen LogP contribution < -0.4 is 10.2 Å². The molecule has 22 heavy (non-hydrogen) atoms. The van der Waals surface area contributed by atoms with Gasteiger partial charge in [-0.1, -0.05) is 40.2 Å². The predicted molar refractivity (Wildman–Crippen MR) is 91.3 cm³/mol. The lowest BCUT2D eigenvalue weighted by molar-refractivity contribution is -0.123. The molecule has 2 rings (SSSR count). The summed E-state index contributed by atoms with van der Waals surface area (Å²) < 4.78 is 6.50. The largest absolute Gasteiger partial charge is 0.483 e. The minimum atomic E-state index is -0.297. The van der Waals surface area contributed by atoms with Crippen molar-refractivity contribution in [1.29, 1.82) is 0 Å². The molecule has 0 radical (unpaired) electrons. The Morgan fingerprint density at radius 3 is 2.68 bits per heavy atom. The van der Waals surface area contributed by atoms with Gasteiger partial charge >= 0.3 is 0 Å². The first kappa shape index (κ1) is 16.2. The van der Waals surface area contributed by atoms with Crippen molar-refractivity contribution < 1.29 is 9.53 Å². The number of benzene rings is 2. The first-order chi connectivity index (χ1) is 10.6. The minimum absolute atomic E-state index is 0.0675. The molecule has 1 amide bonds. The van der Waals surface area contributed by atoms with E-state index in [2.05, 4.69) is 26.5 Å². The molecule has 0 aliphatic heterocycles. The molecule has 0 saturated carbocycles. The zero-order chi connectivity index (χ0) is 15.9. The van der Waals surface area contributed by atoms with Crippen LogP contribution in [-0.2, 0) is 4.79 Å². The average molecular weight is 361 g/mol. The number of amides is 1. The monoisotopic (exact) mass is 360 g/mol. The number of carbonyl (C=O) groups is 1. The van der Waals surface area contributed by atoms with E-state index < -0.39 is 0 Å². The van der Waals surface area contributed by atoms with E-state index in [9.17, 15) is 4.79 Å². The van der Waals surface area contributed by atoms with E-state index in [1.54, 1.807) is 6.21 Å². The maximum absolute atomic E-state index is 11.7. The summed E-state index contributed by atoms with van der Waals surface area (Å²) in [5.41, 5.74) is 5.51. The van der Waals surface area contributed by atoms with Gasteiger partial charge in [-0.2, -0.15) is 5.10 Å². The number of nitrogens with zero attached hydrogens (tertiary/aromatic N) is 1. The smallest absolute Gasteiger partial charge is 0.277 e. The predicted octanol–water partition coefficient (Wildman–Crippen LogP) is 3.60. The quantitative estimate of drug-likeness (QED) is 0.654. The Kier molecular flexibility index (Phi) is 5.72. The first-order valence-corrected chi connectivity index (χ1v) is 7.62. The molecule has 1 N–H and O–H groups in total. The molecule has 2 aromatic carbocycles. The lowest BCUT2D eigenvalue weighted by Crippen LogP contribution is -2.24. The van der Waals surface area contributed by atoms with Gasteiger partial charge in [-0.25, -0.2) is 5.43 Å². The van der Waals surface area contributed by atoms with Crippen LogP contribution in [0.25, 0.3) is 0 Å². The third-order valence-corrected chi connectivity index (χ3v) is 3.72. The molecule has 0 spiro atoms. The maximum Gasteiger partial charge on any atom is 0.277 e. The molecule has 0 aliphatic carbocycles. The standard InChI is InChI=1S/C17H17BrN2O2/c1-12-4-3-5-16(13(12)2)22-11-17(21)20-19-10-14-6-8-15(18)9-7-14/h3-10H,11H2,1-2H3,(H,20,21)/b19-10-. The lowest BCUT2D eigenvalue weighted by Gasteiger charge is -2.09. The van der Waals surface area contributed by atoms with E-state index in [4.69, 9.17) is 4.74 Å². The number of hydrazone groups is 1. The molecule has 114 valence electrons. The van der Waals surface area contributed by atoms with Crippen molar-refractivity contribution in [3.63, 3.8) is 0 Å². The van der Waals surface area contributed by atoms with Crippen molar-refractivity contribution in [3.8, 4) is 5.75 Å². The van der Waals surface area contributed by atoms with Crippen LogP contribution in [0.4, 0.5) is 0 Å². The minimum Gasteiger partial charge on any atom is -0.483 e. The van der Waals surface area contributed by atoms with Crippen molar-refractivity contribution >= 4 is 28.1 Å². The lowest BCUT2D eigenvalue weighted by atomic mass is 10.1. The Bertz CT molecular complexity index is 682. The van der Waals surface area contributed by atoms with Crippen molar-refractivity contribution in [2.45, 2.75) is 13.8 Å². The van der Waals surface area contributed by atoms with Crippen LogP contribution in [0.5, 0.6) is 5.75 Å². The van der Waals surface area contributed by atoms with E-state index in [0.717, 1.165) is 21.2 Å². The summed E-state index contributed by atoms with van der Waals surface area (Å²) in [6.07, 6.45) is 1.59. The molecule has 0 unspecified atom stereocenters. The van der Waals surface area contributed by atoms with Crippen LogP contribution >= 0.6 is 15.9 Å². The summed E-state index contributed by atoms with van der Waals surface area (Å²) >= 11 is 3.36. The van der Waals surface area contributed by atoms with Crippen LogP contribution in [0.15, 0.2) is 52.0 Å². The second kappa shape index (κ2) is 7.75. The molecule has 0 atom stereocenters. The van der Waals surface area contributed by atoms with Crippen molar-refractivity contribution in [3.05, 3.63) is 63.6 Å². The molecule has 0 aliphatic rings. The third kappa shape index (κ3) is 4.70. The van der Waals surface area contributed by atoms with Crippen molar-refractivity contribution in [1.82, 2.24) is 5.43 Å². The van der Waals surface area contributed by atoms with Crippen LogP contribution in [-0.4, -0.2) is 18.7 Å². The molecular formula is C17H17BrN2O2. The highest BCUT2D eigenvalue weighted by Crippen LogP contribution is 2.20. The van der Waals surface area contributed by atoms with Gasteiger partial charge in [-0.05, 0) is 48.7 Å². The average Bonchev–Trinajstić information content (AvgIpc) is 2.51. The number of hydrogen-bond acceptors (Lipinski definition) is 3. The fraction of sp³-hybridized carbons (Fsp3) is 0.176. The Morgan fingerprint density at radius 1 is 1.23 bits per heavy atom. The van der Waals surface area contributed by atoms with Crippen LogP contribution in [0.2, 0.25) is 0 Å². The van der Waals surface area contributed by atoms with Gasteiger partial charge in [0.2, 0.25) is 0 Å². The van der Waals surface area contributed by atoms with Crippen molar-refractivity contribution in [2.75, 3.05) is 6.61 Å². The Labute approximate surface area is 138 Å². The van der Waals surface area contributed by atoms with E-state index in [1.807, 2.05) is 56.3 Å². The van der Waals surface area contributed by atoms with Crippen molar-refractivity contribution in [2.24, 2.45) is 5.10 Å². The Morgan fingerprint density at radius 2 is 1.95 bits per heavy atom. The molecule has 0 heterocycles. The highest BCUT2D eigenvalue weighted by molar-refractivity contribution is 9.10. The number of ether oxygens (including phenoxy) is 1. The molecule has 0 fully saturated rings. The first-order valence-electron chi connectivity index (χ1n) is 6.83. The summed E-state index contributed by atoms with van der Waals surface area (Å²) in [6, 6.07) is 13.4. The number of nitrogens with one attached hydrogen (secondary N) is 1. The third-order valence-electron chi connectivity index (χ3n) is 3.19. The molecule has 4 nitrogen and oxygen atoms in total. The molecular weight excluding hydrogens is 344 g/mol. The topological polar surface area (TPSA) is 50.7 Å². The zero-order valence-corrected chi connectivity index (χ0v) is 14.1. The van der Waals surface area contributed by atoms with E-state index in [-0.39, 0.29) is 12.5 Å². The van der Waals surface area contributed by atoms with Gasteiger partial charge in [0.1, 0.15) is 5.75 Å². The van der Waals surface area contributed by atoms with Crippen LogP contribution in [0.3, 0.4) is 0 Å². The van der Waals surface area contributed by atoms with Gasteiger partial charge in [0.25, 0.3) is 5.91 Å². The molecule has 0 saturated heterocycles. The van der Waals surface area contributed by atoms with E-state index in [0.29, 0.717) is 5.75 Å². The number of carbonyl (C=O) groups excluding carboxylic acids is 1. The van der Waals surface area contributed by atoms with Gasteiger partial charge in [0.15, 0.2) is 6.61 Å². The second-order valence-corrected chi connectivity index (χ2v) is 5.75. The summed E-state index contributed by atoms with van der Waals surface area (Å²) in [7, 11) is 0. The second-order valence-electron chi connectivity index (χ2n) is 4.83. The summed E-state index contributed by atoms with van der Waals surface area (Å²) in [5, 5.41) is 3.90. The fourth-order valence-corrected chi connectivity index (χ4v) is 2.05. The fourth-order valence-electron chi connectivity index (χ4n) is 1.78. The van der Waals surface area contributed by atoms with Gasteiger partial charge in [0.05, 0.1) is 6.21 Å². The molecule has 0 bridgehead atoms. The van der Waals surface area contributed by atoms with Gasteiger partial charge in [-0.3, -0.25) is 4.79 Å². The SMILES string of the molecule is Cc1cccc(OCC(=O)N/N=C\c2ccc(Br)cc2)c1C. The normalized spacial score (nSPS) is 10.7.